The number of Topliss-reactive ketones (excluding diaryl/α,β-unsaturated/α-hetero) is 1. The number of carbonyl (C=O) groups excluding carboxylic acids is 6. The van der Waals surface area contributed by atoms with Crippen LogP contribution in [0.15, 0.2) is 0 Å². The number of urea groups is 1. The number of nitrogens with one attached hydrogen (secondary N) is 3. The molecule has 0 radical (unpaired) electrons. The van der Waals surface area contributed by atoms with Gasteiger partial charge in [-0.1, -0.05) is 34.6 Å². The summed E-state index contributed by atoms with van der Waals surface area (Å²) < 4.78 is 5.40. The van der Waals surface area contributed by atoms with E-state index in [0.717, 1.165) is 0 Å². The van der Waals surface area contributed by atoms with Gasteiger partial charge in [0.15, 0.2) is 0 Å². The lowest BCUT2D eigenvalue weighted by molar-refractivity contribution is -0.158. The van der Waals surface area contributed by atoms with E-state index in [2.05, 4.69) is 16.0 Å². The molecule has 0 aromatic carbocycles. The van der Waals surface area contributed by atoms with Gasteiger partial charge in [0.2, 0.25) is 17.6 Å². The minimum atomic E-state index is -1.17. The van der Waals surface area contributed by atoms with Gasteiger partial charge in [-0.25, -0.2) is 9.59 Å². The van der Waals surface area contributed by atoms with Crippen molar-refractivity contribution < 1.29 is 33.5 Å². The summed E-state index contributed by atoms with van der Waals surface area (Å²) in [5.74, 6) is -4.38. The van der Waals surface area contributed by atoms with Gasteiger partial charge in [-0.15, -0.1) is 0 Å². The highest BCUT2D eigenvalue weighted by molar-refractivity contribution is 6.37. The van der Waals surface area contributed by atoms with Crippen LogP contribution in [0.4, 0.5) is 4.79 Å². The summed E-state index contributed by atoms with van der Waals surface area (Å²) in [7, 11) is 0. The van der Waals surface area contributed by atoms with Gasteiger partial charge in [0.25, 0.3) is 5.91 Å². The Kier molecular flexibility index (Phi) is 11.1. The van der Waals surface area contributed by atoms with Crippen LogP contribution in [0.5, 0.6) is 0 Å². The summed E-state index contributed by atoms with van der Waals surface area (Å²) in [4.78, 5) is 76.2. The second-order valence-corrected chi connectivity index (χ2v) is 11.4. The predicted octanol–water partition coefficient (Wildman–Crippen LogP) is 0.473. The Bertz CT molecular complexity index is 896. The molecule has 5 unspecified atom stereocenters. The van der Waals surface area contributed by atoms with E-state index < -0.39 is 65.3 Å². The molecular formula is C25H43N5O7. The zero-order valence-electron chi connectivity index (χ0n) is 23.3. The van der Waals surface area contributed by atoms with E-state index in [-0.39, 0.29) is 24.3 Å². The smallest absolute Gasteiger partial charge is 0.329 e. The predicted molar refractivity (Wildman–Crippen MR) is 136 cm³/mol. The third kappa shape index (κ3) is 9.32. The van der Waals surface area contributed by atoms with Crippen LogP contribution >= 0.6 is 0 Å². The SMILES string of the molecule is CC1CC(C(=O)NC(C)C(=O)C(N)=O)N(C(=O)C(NC(=O)NC(C(=O)OC(C)(C)C)C(C)C)C(C)C)C1. The topological polar surface area (TPSA) is 177 Å². The fraction of sp³-hybridized carbons (Fsp3) is 0.760. The monoisotopic (exact) mass is 525 g/mol. The van der Waals surface area contributed by atoms with Crippen LogP contribution in [0.2, 0.25) is 0 Å². The van der Waals surface area contributed by atoms with Crippen molar-refractivity contribution in [2.24, 2.45) is 23.5 Å². The summed E-state index contributed by atoms with van der Waals surface area (Å²) in [6.45, 7) is 15.7. The summed E-state index contributed by atoms with van der Waals surface area (Å²) in [5.41, 5.74) is 4.27. The van der Waals surface area contributed by atoms with Gasteiger partial charge in [0.05, 0.1) is 6.04 Å². The van der Waals surface area contributed by atoms with E-state index in [1.54, 1.807) is 48.5 Å². The molecule has 1 saturated heterocycles. The minimum absolute atomic E-state index is 0.0130. The lowest BCUT2D eigenvalue weighted by Gasteiger charge is -2.32. The number of hydrogen-bond acceptors (Lipinski definition) is 7. The van der Waals surface area contributed by atoms with Crippen LogP contribution in [0, 0.1) is 17.8 Å². The van der Waals surface area contributed by atoms with Gasteiger partial charge in [-0.05, 0) is 51.9 Å². The Labute approximate surface area is 218 Å². The number of rotatable bonds is 10. The number of nitrogens with two attached hydrogens (primary N) is 1. The highest BCUT2D eigenvalue weighted by atomic mass is 16.6. The highest BCUT2D eigenvalue weighted by Gasteiger charge is 2.42. The number of hydrogen-bond donors (Lipinski definition) is 4. The lowest BCUT2D eigenvalue weighted by atomic mass is 10.0. The Morgan fingerprint density at radius 3 is 1.86 bits per heavy atom. The Balaban J connectivity index is 3.02. The first-order valence-corrected chi connectivity index (χ1v) is 12.6. The molecule has 5 N–H and O–H groups in total. The molecule has 37 heavy (non-hydrogen) atoms. The Morgan fingerprint density at radius 1 is 0.892 bits per heavy atom. The number of esters is 1. The van der Waals surface area contributed by atoms with Crippen molar-refractivity contribution in [2.45, 2.75) is 98.5 Å². The lowest BCUT2D eigenvalue weighted by Crippen LogP contribution is -2.59. The molecule has 0 saturated carbocycles. The maximum Gasteiger partial charge on any atom is 0.329 e. The fourth-order valence-electron chi connectivity index (χ4n) is 4.01. The first-order valence-electron chi connectivity index (χ1n) is 12.6. The van der Waals surface area contributed by atoms with Gasteiger partial charge in [-0.3, -0.25) is 19.2 Å². The minimum Gasteiger partial charge on any atom is -0.458 e. The molecule has 1 aliphatic rings. The quantitative estimate of drug-likeness (QED) is 0.237. The number of amides is 5. The van der Waals surface area contributed by atoms with E-state index in [1.807, 2.05) is 6.92 Å². The molecule has 0 spiro atoms. The van der Waals surface area contributed by atoms with Crippen LogP contribution in [0.25, 0.3) is 0 Å². The van der Waals surface area contributed by atoms with Crippen molar-refractivity contribution in [1.82, 2.24) is 20.9 Å². The van der Waals surface area contributed by atoms with E-state index in [9.17, 15) is 28.8 Å². The molecule has 210 valence electrons. The van der Waals surface area contributed by atoms with Crippen molar-refractivity contribution in [2.75, 3.05) is 6.54 Å². The largest absolute Gasteiger partial charge is 0.458 e. The zero-order valence-corrected chi connectivity index (χ0v) is 23.3. The second-order valence-electron chi connectivity index (χ2n) is 11.4. The van der Waals surface area contributed by atoms with Crippen molar-refractivity contribution in [3.8, 4) is 0 Å². The molecule has 12 heteroatoms. The van der Waals surface area contributed by atoms with Crippen LogP contribution in [-0.4, -0.2) is 76.7 Å². The molecule has 0 aromatic rings. The molecule has 0 aromatic heterocycles. The molecule has 0 aliphatic carbocycles. The number of ether oxygens (including phenoxy) is 1. The number of carbonyl (C=O) groups is 6. The average molecular weight is 526 g/mol. The van der Waals surface area contributed by atoms with Crippen LogP contribution in [0.1, 0.15) is 68.7 Å². The van der Waals surface area contributed by atoms with Gasteiger partial charge < -0.3 is 31.3 Å². The third-order valence-electron chi connectivity index (χ3n) is 5.92. The van der Waals surface area contributed by atoms with Crippen molar-refractivity contribution >= 4 is 35.5 Å². The van der Waals surface area contributed by atoms with E-state index >= 15 is 0 Å². The first-order chi connectivity index (χ1) is 16.8. The maximum atomic E-state index is 13.5. The number of ketones is 1. The average Bonchev–Trinajstić information content (AvgIpc) is 3.14. The molecule has 1 rings (SSSR count). The zero-order chi connectivity index (χ0) is 28.8. The van der Waals surface area contributed by atoms with E-state index in [1.165, 1.54) is 11.8 Å². The number of nitrogens with zero attached hydrogens (tertiary/aromatic N) is 1. The summed E-state index contributed by atoms with van der Waals surface area (Å²) >= 11 is 0. The van der Waals surface area contributed by atoms with E-state index in [0.29, 0.717) is 6.42 Å². The first kappa shape index (κ1) is 31.8. The van der Waals surface area contributed by atoms with Crippen LogP contribution < -0.4 is 21.7 Å². The van der Waals surface area contributed by atoms with Crippen molar-refractivity contribution in [3.63, 3.8) is 0 Å². The van der Waals surface area contributed by atoms with Crippen molar-refractivity contribution in [3.05, 3.63) is 0 Å². The molecule has 1 fully saturated rings. The molecule has 1 aliphatic heterocycles. The summed E-state index contributed by atoms with van der Waals surface area (Å²) in [6, 6.07) is -4.66. The standard InChI is InChI=1S/C25H43N5O7/c1-12(2)17(28-24(36)29-18(13(3)4)23(35)37-25(7,8)9)22(34)30-11-14(5)10-16(30)21(33)27-15(6)19(31)20(26)32/h12-18H,10-11H2,1-9H3,(H2,26,32)(H,27,33)(H2,28,29,36). The second kappa shape index (κ2) is 12.9. The van der Waals surface area contributed by atoms with Gasteiger partial charge in [0, 0.05) is 6.54 Å². The normalized spacial score (nSPS) is 20.1. The third-order valence-corrected chi connectivity index (χ3v) is 5.92. The number of primary amides is 1. The van der Waals surface area contributed by atoms with Crippen LogP contribution in [0.3, 0.4) is 0 Å². The summed E-state index contributed by atoms with van der Waals surface area (Å²) in [6.07, 6.45) is 0.347. The highest BCUT2D eigenvalue weighted by Crippen LogP contribution is 2.25. The number of likely N-dealkylation sites (tertiary alicyclic amines) is 1. The summed E-state index contributed by atoms with van der Waals surface area (Å²) in [5, 5.41) is 7.71. The Morgan fingerprint density at radius 2 is 1.41 bits per heavy atom. The van der Waals surface area contributed by atoms with Crippen molar-refractivity contribution in [1.29, 1.82) is 0 Å². The van der Waals surface area contributed by atoms with Gasteiger partial charge in [0.1, 0.15) is 23.7 Å². The van der Waals surface area contributed by atoms with Gasteiger partial charge in [-0.2, -0.15) is 0 Å². The van der Waals surface area contributed by atoms with E-state index in [4.69, 9.17) is 10.5 Å². The molecule has 5 atom stereocenters. The van der Waals surface area contributed by atoms with Crippen LogP contribution in [-0.2, 0) is 28.7 Å². The Hall–Kier alpha value is -3.18. The molecule has 12 nitrogen and oxygen atoms in total. The van der Waals surface area contributed by atoms with Gasteiger partial charge >= 0.3 is 12.0 Å². The fourth-order valence-corrected chi connectivity index (χ4v) is 4.01. The maximum absolute atomic E-state index is 13.5. The molecule has 5 amide bonds. The molecule has 0 bridgehead atoms. The molecular weight excluding hydrogens is 482 g/mol. The molecule has 1 heterocycles.